The van der Waals surface area contributed by atoms with Crippen LogP contribution in [-0.4, -0.2) is 68.2 Å². The van der Waals surface area contributed by atoms with E-state index in [0.29, 0.717) is 6.04 Å². The summed E-state index contributed by atoms with van der Waals surface area (Å²) in [6.45, 7) is 9.69. The Labute approximate surface area is 99.2 Å². The lowest BCUT2D eigenvalue weighted by atomic mass is 10.1. The Kier molecular flexibility index (Phi) is 5.03. The number of nitrogens with two attached hydrogens (primary N) is 1. The van der Waals surface area contributed by atoms with Gasteiger partial charge in [-0.3, -0.25) is 0 Å². The summed E-state index contributed by atoms with van der Waals surface area (Å²) in [6.07, 6.45) is 3.66. The van der Waals surface area contributed by atoms with Gasteiger partial charge in [0.15, 0.2) is 0 Å². The number of piperidine rings is 1. The highest BCUT2D eigenvalue weighted by Crippen LogP contribution is 2.08. The molecule has 4 nitrogen and oxygen atoms in total. The molecule has 2 aliphatic heterocycles. The maximum absolute atomic E-state index is 5.91. The van der Waals surface area contributed by atoms with Crippen LogP contribution in [0.15, 0.2) is 0 Å². The average molecular weight is 226 g/mol. The molecular formula is C12H26N4. The van der Waals surface area contributed by atoms with Crippen molar-refractivity contribution < 1.29 is 0 Å². The van der Waals surface area contributed by atoms with Crippen LogP contribution in [0.3, 0.4) is 0 Å². The van der Waals surface area contributed by atoms with Gasteiger partial charge in [-0.25, -0.2) is 0 Å². The fourth-order valence-electron chi connectivity index (χ4n) is 2.58. The van der Waals surface area contributed by atoms with Gasteiger partial charge in [-0.2, -0.15) is 0 Å². The molecule has 2 aliphatic rings. The first-order chi connectivity index (χ1) is 7.84. The first kappa shape index (κ1) is 12.3. The summed E-state index contributed by atoms with van der Waals surface area (Å²) in [5.41, 5.74) is 5.91. The minimum absolute atomic E-state index is 0.457. The van der Waals surface area contributed by atoms with Crippen molar-refractivity contribution in [3.63, 3.8) is 0 Å². The third-order valence-corrected chi connectivity index (χ3v) is 3.80. The van der Waals surface area contributed by atoms with Crippen LogP contribution in [0.25, 0.3) is 0 Å². The lowest BCUT2D eigenvalue weighted by Gasteiger charge is -2.31. The Hall–Kier alpha value is -0.160. The van der Waals surface area contributed by atoms with Crippen LogP contribution in [0.5, 0.6) is 0 Å². The molecule has 3 N–H and O–H groups in total. The zero-order chi connectivity index (χ0) is 11.2. The molecule has 0 amide bonds. The van der Waals surface area contributed by atoms with E-state index in [4.69, 9.17) is 5.73 Å². The van der Waals surface area contributed by atoms with Crippen molar-refractivity contribution in [2.24, 2.45) is 5.73 Å². The third kappa shape index (κ3) is 4.01. The van der Waals surface area contributed by atoms with E-state index >= 15 is 0 Å². The quantitative estimate of drug-likeness (QED) is 0.694. The number of rotatable bonds is 3. The SMILES string of the molecule is NC1CCN(CCN2CCCNCC2)CC1. The van der Waals surface area contributed by atoms with Crippen LogP contribution < -0.4 is 11.1 Å². The van der Waals surface area contributed by atoms with Gasteiger partial charge in [0.25, 0.3) is 0 Å². The van der Waals surface area contributed by atoms with Crippen LogP contribution in [0.4, 0.5) is 0 Å². The van der Waals surface area contributed by atoms with Crippen LogP contribution in [0, 0.1) is 0 Å². The molecule has 2 fully saturated rings. The molecule has 4 heteroatoms. The van der Waals surface area contributed by atoms with Gasteiger partial charge in [-0.1, -0.05) is 0 Å². The zero-order valence-corrected chi connectivity index (χ0v) is 10.3. The van der Waals surface area contributed by atoms with Crippen LogP contribution in [0.1, 0.15) is 19.3 Å². The Morgan fingerprint density at radius 1 is 0.938 bits per heavy atom. The van der Waals surface area contributed by atoms with E-state index in [9.17, 15) is 0 Å². The van der Waals surface area contributed by atoms with Gasteiger partial charge in [-0.15, -0.1) is 0 Å². The first-order valence-corrected chi connectivity index (χ1v) is 6.75. The van der Waals surface area contributed by atoms with Gasteiger partial charge in [0, 0.05) is 32.2 Å². The molecule has 0 bridgehead atoms. The molecule has 94 valence electrons. The molecule has 0 aromatic rings. The zero-order valence-electron chi connectivity index (χ0n) is 10.3. The minimum atomic E-state index is 0.457. The molecule has 2 rings (SSSR count). The number of hydrogen-bond donors (Lipinski definition) is 2. The van der Waals surface area contributed by atoms with E-state index in [1.807, 2.05) is 0 Å². The van der Waals surface area contributed by atoms with Gasteiger partial charge in [0.2, 0.25) is 0 Å². The van der Waals surface area contributed by atoms with Crippen LogP contribution in [0.2, 0.25) is 0 Å². The molecule has 0 aromatic carbocycles. The topological polar surface area (TPSA) is 44.5 Å². The van der Waals surface area contributed by atoms with Gasteiger partial charge in [-0.05, 0) is 45.4 Å². The largest absolute Gasteiger partial charge is 0.328 e. The Morgan fingerprint density at radius 2 is 1.62 bits per heavy atom. The standard InChI is InChI=1S/C12H26N4/c13-12-2-7-16(8-3-12)11-10-15-6-1-4-14-5-9-15/h12,14H,1-11,13H2. The van der Waals surface area contributed by atoms with Gasteiger partial charge in [0.1, 0.15) is 0 Å². The van der Waals surface area contributed by atoms with Gasteiger partial charge < -0.3 is 20.9 Å². The summed E-state index contributed by atoms with van der Waals surface area (Å²) in [5.74, 6) is 0. The molecule has 0 saturated carbocycles. The second-order valence-electron chi connectivity index (χ2n) is 5.12. The van der Waals surface area contributed by atoms with E-state index in [1.54, 1.807) is 0 Å². The fourth-order valence-corrected chi connectivity index (χ4v) is 2.58. The predicted octanol–water partition coefficient (Wildman–Crippen LogP) is -0.295. The molecule has 0 radical (unpaired) electrons. The molecular weight excluding hydrogens is 200 g/mol. The number of nitrogens with one attached hydrogen (secondary N) is 1. The number of nitrogens with zero attached hydrogens (tertiary/aromatic N) is 2. The highest BCUT2D eigenvalue weighted by molar-refractivity contribution is 4.75. The van der Waals surface area contributed by atoms with E-state index in [2.05, 4.69) is 15.1 Å². The van der Waals surface area contributed by atoms with Crippen molar-refractivity contribution in [2.45, 2.75) is 25.3 Å². The van der Waals surface area contributed by atoms with E-state index in [1.165, 1.54) is 65.1 Å². The van der Waals surface area contributed by atoms with Crippen molar-refractivity contribution in [1.82, 2.24) is 15.1 Å². The molecule has 0 atom stereocenters. The maximum atomic E-state index is 5.91. The third-order valence-electron chi connectivity index (χ3n) is 3.80. The molecule has 2 saturated heterocycles. The van der Waals surface area contributed by atoms with E-state index in [0.717, 1.165) is 6.54 Å². The van der Waals surface area contributed by atoms with Crippen molar-refractivity contribution in [2.75, 3.05) is 52.4 Å². The summed E-state index contributed by atoms with van der Waals surface area (Å²) in [5, 5.41) is 3.45. The Morgan fingerprint density at radius 3 is 2.38 bits per heavy atom. The van der Waals surface area contributed by atoms with Crippen molar-refractivity contribution in [1.29, 1.82) is 0 Å². The lowest BCUT2D eigenvalue weighted by Crippen LogP contribution is -2.43. The normalized spacial score (nSPS) is 26.8. The Balaban J connectivity index is 1.62. The van der Waals surface area contributed by atoms with Gasteiger partial charge in [0.05, 0.1) is 0 Å². The molecule has 2 heterocycles. The molecule has 0 unspecified atom stereocenters. The fraction of sp³-hybridized carbons (Fsp3) is 1.00. The Bertz CT molecular complexity index is 181. The summed E-state index contributed by atoms with van der Waals surface area (Å²) >= 11 is 0. The monoisotopic (exact) mass is 226 g/mol. The molecule has 0 aromatic heterocycles. The van der Waals surface area contributed by atoms with Crippen molar-refractivity contribution in [3.05, 3.63) is 0 Å². The van der Waals surface area contributed by atoms with E-state index in [-0.39, 0.29) is 0 Å². The van der Waals surface area contributed by atoms with Gasteiger partial charge >= 0.3 is 0 Å². The maximum Gasteiger partial charge on any atom is 0.0110 e. The second-order valence-corrected chi connectivity index (χ2v) is 5.12. The predicted molar refractivity (Wildman–Crippen MR) is 67.6 cm³/mol. The molecule has 0 aliphatic carbocycles. The highest BCUT2D eigenvalue weighted by Gasteiger charge is 2.16. The van der Waals surface area contributed by atoms with Crippen molar-refractivity contribution in [3.8, 4) is 0 Å². The smallest absolute Gasteiger partial charge is 0.0110 e. The number of hydrogen-bond acceptors (Lipinski definition) is 4. The minimum Gasteiger partial charge on any atom is -0.328 e. The second kappa shape index (κ2) is 6.55. The summed E-state index contributed by atoms with van der Waals surface area (Å²) in [6, 6.07) is 0.457. The van der Waals surface area contributed by atoms with E-state index < -0.39 is 0 Å². The highest BCUT2D eigenvalue weighted by atomic mass is 15.2. The van der Waals surface area contributed by atoms with Crippen LogP contribution in [-0.2, 0) is 0 Å². The molecule has 16 heavy (non-hydrogen) atoms. The van der Waals surface area contributed by atoms with Crippen LogP contribution >= 0.6 is 0 Å². The summed E-state index contributed by atoms with van der Waals surface area (Å²) in [7, 11) is 0. The van der Waals surface area contributed by atoms with Crippen molar-refractivity contribution >= 4 is 0 Å². The first-order valence-electron chi connectivity index (χ1n) is 6.75. The lowest BCUT2D eigenvalue weighted by molar-refractivity contribution is 0.177. The average Bonchev–Trinajstić information content (AvgIpc) is 2.57. The summed E-state index contributed by atoms with van der Waals surface area (Å²) in [4.78, 5) is 5.16. The summed E-state index contributed by atoms with van der Waals surface area (Å²) < 4.78 is 0. The number of likely N-dealkylation sites (tertiary alicyclic amines) is 1. The molecule has 0 spiro atoms.